The summed E-state index contributed by atoms with van der Waals surface area (Å²) in [6.45, 7) is 0. The van der Waals surface area contributed by atoms with Crippen LogP contribution in [0.1, 0.15) is 42.5 Å². The molecule has 2 aliphatic carbocycles. The molecule has 0 unspecified atom stereocenters. The quantitative estimate of drug-likeness (QED) is 0.831. The van der Waals surface area contributed by atoms with Crippen molar-refractivity contribution in [3.05, 3.63) is 28.8 Å². The highest BCUT2D eigenvalue weighted by atomic mass is 35.5. The normalized spacial score (nSPS) is 25.2. The smallest absolute Gasteiger partial charge is 0.273 e. The number of benzene rings is 1. The predicted octanol–water partition coefficient (Wildman–Crippen LogP) is 2.94. The van der Waals surface area contributed by atoms with Crippen LogP contribution >= 0.6 is 11.6 Å². The number of methoxy groups -OCH3 is 1. The Morgan fingerprint density at radius 2 is 2.09 bits per heavy atom. The maximum Gasteiger partial charge on any atom is 0.273 e. The van der Waals surface area contributed by atoms with E-state index in [-0.39, 0.29) is 5.91 Å². The summed E-state index contributed by atoms with van der Waals surface area (Å²) in [5.74, 6) is 1.79. The van der Waals surface area contributed by atoms with E-state index in [4.69, 9.17) is 16.3 Å². The minimum Gasteiger partial charge on any atom is -0.496 e. The summed E-state index contributed by atoms with van der Waals surface area (Å²) in [6, 6.07) is 4.77. The number of hydrogen-bond acceptors (Lipinski definition) is 3. The fraction of sp³-hybridized carbons (Fsp3) is 0.529. The van der Waals surface area contributed by atoms with Gasteiger partial charge in [-0.05, 0) is 55.2 Å². The number of nitrogens with one attached hydrogen (secondary N) is 2. The molecule has 2 amide bonds. The van der Waals surface area contributed by atoms with Crippen LogP contribution < -0.4 is 15.6 Å². The Balaban J connectivity index is 1.52. The number of carbonyl (C=O) groups is 2. The van der Waals surface area contributed by atoms with Crippen molar-refractivity contribution in [1.82, 2.24) is 10.9 Å². The molecular weight excluding hydrogens is 316 g/mol. The molecule has 2 fully saturated rings. The average Bonchev–Trinajstić information content (AvgIpc) is 3.15. The topological polar surface area (TPSA) is 67.4 Å². The van der Waals surface area contributed by atoms with Crippen LogP contribution in [0.15, 0.2) is 18.2 Å². The Kier molecular flexibility index (Phi) is 4.76. The number of amides is 2. The van der Waals surface area contributed by atoms with Crippen LogP contribution in [0.4, 0.5) is 0 Å². The minimum absolute atomic E-state index is 0.142. The molecule has 23 heavy (non-hydrogen) atoms. The van der Waals surface area contributed by atoms with Gasteiger partial charge in [0.25, 0.3) is 5.91 Å². The second-order valence-corrected chi connectivity index (χ2v) is 6.92. The summed E-state index contributed by atoms with van der Waals surface area (Å²) in [7, 11) is 1.48. The molecule has 1 aromatic carbocycles. The van der Waals surface area contributed by atoms with Gasteiger partial charge in [-0.2, -0.15) is 0 Å². The molecular formula is C17H21ClN2O3. The summed E-state index contributed by atoms with van der Waals surface area (Å²) in [5, 5.41) is 0.434. The Morgan fingerprint density at radius 3 is 2.74 bits per heavy atom. The highest BCUT2D eigenvalue weighted by Crippen LogP contribution is 2.49. The van der Waals surface area contributed by atoms with Crippen LogP contribution in [0.3, 0.4) is 0 Å². The Morgan fingerprint density at radius 1 is 1.26 bits per heavy atom. The van der Waals surface area contributed by atoms with E-state index in [9.17, 15) is 9.59 Å². The summed E-state index contributed by atoms with van der Waals surface area (Å²) in [4.78, 5) is 24.2. The average molecular weight is 337 g/mol. The van der Waals surface area contributed by atoms with Gasteiger partial charge in [-0.3, -0.25) is 20.4 Å². The SMILES string of the molecule is COc1ccc(Cl)cc1C(=O)NNC(=O)C[C@@H]1C[C@@H]2CC[C@@H]1C2. The van der Waals surface area contributed by atoms with Crippen LogP contribution in [0.5, 0.6) is 5.75 Å². The van der Waals surface area contributed by atoms with Crippen molar-refractivity contribution in [2.75, 3.05) is 7.11 Å². The fourth-order valence-electron chi connectivity index (χ4n) is 3.97. The largest absolute Gasteiger partial charge is 0.496 e. The number of hydrazine groups is 1. The van der Waals surface area contributed by atoms with Crippen molar-refractivity contribution in [1.29, 1.82) is 0 Å². The van der Waals surface area contributed by atoms with E-state index in [1.165, 1.54) is 32.4 Å². The van der Waals surface area contributed by atoms with E-state index < -0.39 is 5.91 Å². The maximum absolute atomic E-state index is 12.2. The van der Waals surface area contributed by atoms with Crippen molar-refractivity contribution in [2.45, 2.75) is 32.1 Å². The van der Waals surface area contributed by atoms with E-state index in [1.807, 2.05) is 0 Å². The van der Waals surface area contributed by atoms with Crippen molar-refractivity contribution in [2.24, 2.45) is 17.8 Å². The van der Waals surface area contributed by atoms with Gasteiger partial charge in [0.15, 0.2) is 0 Å². The number of rotatable bonds is 4. The van der Waals surface area contributed by atoms with Crippen molar-refractivity contribution in [3.63, 3.8) is 0 Å². The monoisotopic (exact) mass is 336 g/mol. The van der Waals surface area contributed by atoms with Crippen LogP contribution in [0, 0.1) is 17.8 Å². The lowest BCUT2D eigenvalue weighted by atomic mass is 9.86. The molecule has 0 aliphatic heterocycles. The van der Waals surface area contributed by atoms with Crippen LogP contribution in [0.25, 0.3) is 0 Å². The molecule has 0 radical (unpaired) electrons. The summed E-state index contributed by atoms with van der Waals surface area (Å²) >= 11 is 5.91. The van der Waals surface area contributed by atoms with Gasteiger partial charge in [0.1, 0.15) is 5.75 Å². The highest BCUT2D eigenvalue weighted by Gasteiger charge is 2.40. The standard InChI is InChI=1S/C17H21ClN2O3/c1-23-15-5-4-13(18)9-14(15)17(22)20-19-16(21)8-12-7-10-2-3-11(12)6-10/h4-5,9-12H,2-3,6-8H2,1H3,(H,19,21)(H,20,22)/t10-,11-,12+/m1/s1. The molecule has 3 atom stereocenters. The summed E-state index contributed by atoms with van der Waals surface area (Å²) in [5.41, 5.74) is 5.23. The zero-order valence-electron chi connectivity index (χ0n) is 13.1. The first-order valence-corrected chi connectivity index (χ1v) is 8.37. The molecule has 0 saturated heterocycles. The molecule has 2 aliphatic rings. The van der Waals surface area contributed by atoms with Crippen LogP contribution in [0.2, 0.25) is 5.02 Å². The van der Waals surface area contributed by atoms with E-state index in [0.29, 0.717) is 34.6 Å². The molecule has 2 saturated carbocycles. The highest BCUT2D eigenvalue weighted by molar-refractivity contribution is 6.31. The van der Waals surface area contributed by atoms with Crippen molar-refractivity contribution >= 4 is 23.4 Å². The molecule has 0 aromatic heterocycles. The third-order valence-electron chi connectivity index (χ3n) is 5.05. The van der Waals surface area contributed by atoms with Gasteiger partial charge in [-0.15, -0.1) is 0 Å². The molecule has 0 heterocycles. The van der Waals surface area contributed by atoms with Gasteiger partial charge in [-0.25, -0.2) is 0 Å². The predicted molar refractivity (Wildman–Crippen MR) is 87.2 cm³/mol. The molecule has 2 bridgehead atoms. The number of halogens is 1. The van der Waals surface area contributed by atoms with Gasteiger partial charge < -0.3 is 4.74 Å². The van der Waals surface area contributed by atoms with Gasteiger partial charge in [0, 0.05) is 11.4 Å². The van der Waals surface area contributed by atoms with Gasteiger partial charge in [0.05, 0.1) is 12.7 Å². The van der Waals surface area contributed by atoms with E-state index in [2.05, 4.69) is 10.9 Å². The molecule has 0 spiro atoms. The zero-order valence-corrected chi connectivity index (χ0v) is 13.9. The minimum atomic E-state index is -0.439. The van der Waals surface area contributed by atoms with Gasteiger partial charge >= 0.3 is 0 Å². The second-order valence-electron chi connectivity index (χ2n) is 6.49. The molecule has 3 rings (SSSR count). The van der Waals surface area contributed by atoms with Crippen LogP contribution in [-0.2, 0) is 4.79 Å². The van der Waals surface area contributed by atoms with Crippen LogP contribution in [-0.4, -0.2) is 18.9 Å². The molecule has 5 nitrogen and oxygen atoms in total. The Hall–Kier alpha value is -1.75. The lowest BCUT2D eigenvalue weighted by Crippen LogP contribution is -2.42. The van der Waals surface area contributed by atoms with Gasteiger partial charge in [0.2, 0.25) is 5.91 Å². The van der Waals surface area contributed by atoms with E-state index in [0.717, 1.165) is 12.3 Å². The first-order chi connectivity index (χ1) is 11.1. The Bertz CT molecular complexity index is 620. The summed E-state index contributed by atoms with van der Waals surface area (Å²) in [6.07, 6.45) is 5.45. The third-order valence-corrected chi connectivity index (χ3v) is 5.29. The fourth-order valence-corrected chi connectivity index (χ4v) is 4.14. The molecule has 6 heteroatoms. The van der Waals surface area contributed by atoms with Crippen molar-refractivity contribution < 1.29 is 14.3 Å². The first kappa shape index (κ1) is 16.1. The lowest BCUT2D eigenvalue weighted by molar-refractivity contribution is -0.123. The Labute approximate surface area is 140 Å². The molecule has 1 aromatic rings. The summed E-state index contributed by atoms with van der Waals surface area (Å²) < 4.78 is 5.14. The van der Waals surface area contributed by atoms with Crippen molar-refractivity contribution in [3.8, 4) is 5.75 Å². The number of carbonyl (C=O) groups excluding carboxylic acids is 2. The second kappa shape index (κ2) is 6.79. The lowest BCUT2D eigenvalue weighted by Gasteiger charge is -2.21. The van der Waals surface area contributed by atoms with E-state index in [1.54, 1.807) is 12.1 Å². The number of ether oxygens (including phenoxy) is 1. The third kappa shape index (κ3) is 3.61. The van der Waals surface area contributed by atoms with E-state index >= 15 is 0 Å². The molecule has 124 valence electrons. The maximum atomic E-state index is 12.2. The van der Waals surface area contributed by atoms with Gasteiger partial charge in [-0.1, -0.05) is 18.0 Å². The number of fused-ring (bicyclic) bond motifs is 2. The first-order valence-electron chi connectivity index (χ1n) is 7.99. The zero-order chi connectivity index (χ0) is 16.4. The number of hydrogen-bond donors (Lipinski definition) is 2. The molecule has 2 N–H and O–H groups in total.